The average molecular weight is 361 g/mol. The van der Waals surface area contributed by atoms with Crippen LogP contribution in [-0.2, 0) is 4.74 Å². The molecule has 0 amide bonds. The largest absolute Gasteiger partial charge is 0.394 e. The quantitative estimate of drug-likeness (QED) is 0.267. The molecule has 0 aromatic rings. The van der Waals surface area contributed by atoms with Gasteiger partial charge in [0.2, 0.25) is 0 Å². The Hall–Kier alpha value is -0.120. The molecule has 0 aliphatic carbocycles. The van der Waals surface area contributed by atoms with Crippen LogP contribution in [0.15, 0.2) is 0 Å². The van der Waals surface area contributed by atoms with Gasteiger partial charge < -0.3 is 14.9 Å². The van der Waals surface area contributed by atoms with E-state index in [-0.39, 0.29) is 13.2 Å². The van der Waals surface area contributed by atoms with Gasteiger partial charge in [-0.15, -0.1) is 0 Å². The molecule has 0 bridgehead atoms. The number of aliphatic hydroxyl groups excluding tert-OH is 2. The summed E-state index contributed by atoms with van der Waals surface area (Å²) in [6.07, 6.45) is 23.4. The summed E-state index contributed by atoms with van der Waals surface area (Å²) >= 11 is 0. The third-order valence-electron chi connectivity index (χ3n) is 4.43. The molecule has 0 aromatic heterocycles. The predicted octanol–water partition coefficient (Wildman–Crippen LogP) is 6.26. The number of rotatable bonds is 19. The monoisotopic (exact) mass is 360 g/mol. The van der Waals surface area contributed by atoms with E-state index in [0.717, 1.165) is 0 Å². The van der Waals surface area contributed by atoms with Crippen LogP contribution in [0.3, 0.4) is 0 Å². The highest BCUT2D eigenvalue weighted by Gasteiger charge is 1.93. The number of hydrogen-bond donors (Lipinski definition) is 2. The van der Waals surface area contributed by atoms with E-state index < -0.39 is 0 Å². The van der Waals surface area contributed by atoms with E-state index in [1.165, 1.54) is 103 Å². The van der Waals surface area contributed by atoms with Crippen LogP contribution in [0.1, 0.15) is 117 Å². The fraction of sp³-hybridized carbons (Fsp3) is 1.00. The molecule has 2 N–H and O–H groups in total. The van der Waals surface area contributed by atoms with E-state index >= 15 is 0 Å². The fourth-order valence-electron chi connectivity index (χ4n) is 2.85. The number of aliphatic hydroxyl groups is 2. The molecule has 0 spiro atoms. The Kier molecular flexibility index (Phi) is 31.1. The smallest absolute Gasteiger partial charge is 0.0698 e. The lowest BCUT2D eigenvalue weighted by molar-refractivity contribution is 0.0650. The molecule has 0 saturated heterocycles. The molecule has 0 heterocycles. The van der Waals surface area contributed by atoms with Crippen molar-refractivity contribution >= 4 is 0 Å². The second kappa shape index (κ2) is 28.7. The van der Waals surface area contributed by atoms with E-state index in [1.54, 1.807) is 0 Å². The van der Waals surface area contributed by atoms with Crippen molar-refractivity contribution in [1.82, 2.24) is 0 Å². The fourth-order valence-corrected chi connectivity index (χ4v) is 2.85. The van der Waals surface area contributed by atoms with Crippen molar-refractivity contribution in [2.45, 2.75) is 117 Å². The van der Waals surface area contributed by atoms with Gasteiger partial charge in [-0.25, -0.2) is 0 Å². The molecule has 0 fully saturated rings. The van der Waals surface area contributed by atoms with Crippen molar-refractivity contribution < 1.29 is 14.9 Å². The maximum atomic E-state index is 8.09. The van der Waals surface area contributed by atoms with Gasteiger partial charge >= 0.3 is 0 Å². The van der Waals surface area contributed by atoms with E-state index in [2.05, 4.69) is 18.6 Å². The molecule has 0 unspecified atom stereocenters. The first kappa shape index (κ1) is 27.1. The minimum Gasteiger partial charge on any atom is -0.394 e. The molecule has 3 heteroatoms. The van der Waals surface area contributed by atoms with Crippen LogP contribution < -0.4 is 0 Å². The second-order valence-corrected chi connectivity index (χ2v) is 7.01. The number of hydrogen-bond acceptors (Lipinski definition) is 3. The highest BCUT2D eigenvalue weighted by Crippen LogP contribution is 2.13. The lowest BCUT2D eigenvalue weighted by Gasteiger charge is -2.03. The van der Waals surface area contributed by atoms with Gasteiger partial charge in [-0.05, 0) is 0 Å². The van der Waals surface area contributed by atoms with Gasteiger partial charge in [-0.3, -0.25) is 0 Å². The Morgan fingerprint density at radius 1 is 0.440 bits per heavy atom. The Morgan fingerprint density at radius 2 is 0.680 bits per heavy atom. The Labute approximate surface area is 158 Å². The maximum absolute atomic E-state index is 8.09. The highest BCUT2D eigenvalue weighted by atomic mass is 16.5. The molecule has 0 aromatic carbocycles. The Bertz CT molecular complexity index is 178. The minimum absolute atomic E-state index is 0.0278. The summed E-state index contributed by atoms with van der Waals surface area (Å²) in [5.41, 5.74) is 0. The summed E-state index contributed by atoms with van der Waals surface area (Å²) in [5, 5.41) is 16.2. The summed E-state index contributed by atoms with van der Waals surface area (Å²) in [4.78, 5) is 0. The predicted molar refractivity (Wildman–Crippen MR) is 110 cm³/mol. The van der Waals surface area contributed by atoms with E-state index in [0.29, 0.717) is 13.2 Å². The summed E-state index contributed by atoms with van der Waals surface area (Å²) in [7, 11) is 0. The first-order valence-corrected chi connectivity index (χ1v) is 11.1. The van der Waals surface area contributed by atoms with Crippen LogP contribution >= 0.6 is 0 Å². The molecule has 0 aliphatic heterocycles. The molecule has 3 nitrogen and oxygen atoms in total. The molecular weight excluding hydrogens is 312 g/mol. The second-order valence-electron chi connectivity index (χ2n) is 7.01. The highest BCUT2D eigenvalue weighted by molar-refractivity contribution is 4.49. The Morgan fingerprint density at radius 3 is 0.880 bits per heavy atom. The number of unbranched alkanes of at least 4 members (excludes halogenated alkanes) is 15. The molecule has 0 rings (SSSR count). The van der Waals surface area contributed by atoms with Gasteiger partial charge in [0, 0.05) is 0 Å². The SMILES string of the molecule is CCCCCCCCCCCCCCCCCC.OCCOCCO. The minimum atomic E-state index is 0.0278. The zero-order valence-corrected chi connectivity index (χ0v) is 17.4. The first-order chi connectivity index (χ1) is 12.3. The lowest BCUT2D eigenvalue weighted by Crippen LogP contribution is -2.03. The van der Waals surface area contributed by atoms with Gasteiger partial charge in [-0.1, -0.05) is 117 Å². The molecule has 0 aliphatic rings. The molecule has 25 heavy (non-hydrogen) atoms. The molecular formula is C22H48O3. The van der Waals surface area contributed by atoms with E-state index in [4.69, 9.17) is 10.2 Å². The summed E-state index contributed by atoms with van der Waals surface area (Å²) in [6.45, 7) is 5.28. The van der Waals surface area contributed by atoms with Crippen molar-refractivity contribution in [3.63, 3.8) is 0 Å². The molecule has 154 valence electrons. The van der Waals surface area contributed by atoms with Crippen molar-refractivity contribution in [3.05, 3.63) is 0 Å². The normalized spacial score (nSPS) is 10.6. The average Bonchev–Trinajstić information content (AvgIpc) is 2.63. The van der Waals surface area contributed by atoms with Gasteiger partial charge in [0.1, 0.15) is 0 Å². The molecule has 0 saturated carbocycles. The van der Waals surface area contributed by atoms with Crippen LogP contribution in [0.25, 0.3) is 0 Å². The van der Waals surface area contributed by atoms with Crippen LogP contribution in [-0.4, -0.2) is 36.6 Å². The van der Waals surface area contributed by atoms with E-state index in [9.17, 15) is 0 Å². The van der Waals surface area contributed by atoms with Crippen molar-refractivity contribution in [2.75, 3.05) is 26.4 Å². The third kappa shape index (κ3) is 32.1. The number of ether oxygens (including phenoxy) is 1. The lowest BCUT2D eigenvalue weighted by atomic mass is 10.0. The topological polar surface area (TPSA) is 49.7 Å². The standard InChI is InChI=1S/C18H38.C4H10O3/c1-3-5-7-9-11-13-15-17-18-16-14-12-10-8-6-4-2;5-1-3-7-4-2-6/h3-18H2,1-2H3;5-6H,1-4H2. The van der Waals surface area contributed by atoms with Crippen molar-refractivity contribution in [3.8, 4) is 0 Å². The zero-order valence-electron chi connectivity index (χ0n) is 17.4. The summed E-state index contributed by atoms with van der Waals surface area (Å²) in [5.74, 6) is 0. The van der Waals surface area contributed by atoms with Gasteiger partial charge in [-0.2, -0.15) is 0 Å². The third-order valence-corrected chi connectivity index (χ3v) is 4.43. The zero-order chi connectivity index (χ0) is 18.8. The molecule has 0 atom stereocenters. The van der Waals surface area contributed by atoms with Crippen LogP contribution in [0.4, 0.5) is 0 Å². The first-order valence-electron chi connectivity index (χ1n) is 11.1. The van der Waals surface area contributed by atoms with Crippen LogP contribution in [0.5, 0.6) is 0 Å². The van der Waals surface area contributed by atoms with Crippen molar-refractivity contribution in [1.29, 1.82) is 0 Å². The van der Waals surface area contributed by atoms with Gasteiger partial charge in [0.15, 0.2) is 0 Å². The maximum Gasteiger partial charge on any atom is 0.0698 e. The van der Waals surface area contributed by atoms with Crippen LogP contribution in [0.2, 0.25) is 0 Å². The van der Waals surface area contributed by atoms with Crippen molar-refractivity contribution in [2.24, 2.45) is 0 Å². The van der Waals surface area contributed by atoms with Gasteiger partial charge in [0.25, 0.3) is 0 Å². The summed E-state index contributed by atoms with van der Waals surface area (Å²) in [6, 6.07) is 0. The van der Waals surface area contributed by atoms with Crippen LogP contribution in [0, 0.1) is 0 Å². The Balaban J connectivity index is 0. The molecule has 0 radical (unpaired) electrons. The van der Waals surface area contributed by atoms with E-state index in [1.807, 2.05) is 0 Å². The van der Waals surface area contributed by atoms with Gasteiger partial charge in [0.05, 0.1) is 26.4 Å². The summed E-state index contributed by atoms with van der Waals surface area (Å²) < 4.78 is 4.63.